The minimum atomic E-state index is -3.06. The van der Waals surface area contributed by atoms with Crippen LogP contribution in [0.15, 0.2) is 48.5 Å². The summed E-state index contributed by atoms with van der Waals surface area (Å²) in [6.07, 6.45) is 0. The van der Waals surface area contributed by atoms with Gasteiger partial charge in [-0.15, -0.1) is 0 Å². The molecule has 2 rings (SSSR count). The molecule has 2 aromatic rings. The third-order valence-electron chi connectivity index (χ3n) is 4.54. The SMILES string of the molecule is CCN(CC)C(CNC(=O)c1cccc(OC)c1OC(F)F)c1ccccc1. The number of hydrogen-bond donors (Lipinski definition) is 1. The first-order chi connectivity index (χ1) is 13.5. The Balaban J connectivity index is 2.23. The number of para-hydroxylation sites is 1. The van der Waals surface area contributed by atoms with Gasteiger partial charge in [-0.2, -0.15) is 8.78 Å². The Kier molecular flexibility index (Phi) is 8.19. The number of halogens is 2. The highest BCUT2D eigenvalue weighted by Gasteiger charge is 2.23. The Morgan fingerprint density at radius 3 is 2.32 bits per heavy atom. The number of nitrogens with one attached hydrogen (secondary N) is 1. The van der Waals surface area contributed by atoms with Crippen LogP contribution in [0.4, 0.5) is 8.78 Å². The molecule has 0 saturated carbocycles. The molecule has 0 aliphatic carbocycles. The Morgan fingerprint density at radius 1 is 1.07 bits per heavy atom. The third-order valence-corrected chi connectivity index (χ3v) is 4.54. The van der Waals surface area contributed by atoms with Crippen LogP contribution >= 0.6 is 0 Å². The number of likely N-dealkylation sites (N-methyl/N-ethyl adjacent to an activating group) is 1. The molecular formula is C21H26F2N2O3. The highest BCUT2D eigenvalue weighted by atomic mass is 19.3. The average Bonchev–Trinajstić information content (AvgIpc) is 2.71. The van der Waals surface area contributed by atoms with Gasteiger partial charge in [-0.05, 0) is 30.8 Å². The third kappa shape index (κ3) is 5.42. The van der Waals surface area contributed by atoms with Crippen LogP contribution in [-0.4, -0.2) is 44.2 Å². The number of ether oxygens (including phenoxy) is 2. The Labute approximate surface area is 164 Å². The van der Waals surface area contributed by atoms with Crippen molar-refractivity contribution < 1.29 is 23.0 Å². The van der Waals surface area contributed by atoms with Crippen molar-refractivity contribution in [3.63, 3.8) is 0 Å². The molecule has 2 aromatic carbocycles. The van der Waals surface area contributed by atoms with Crippen LogP contribution in [0.1, 0.15) is 35.8 Å². The number of hydrogen-bond acceptors (Lipinski definition) is 4. The molecule has 1 unspecified atom stereocenters. The molecule has 0 heterocycles. The van der Waals surface area contributed by atoms with Crippen molar-refractivity contribution in [3.05, 3.63) is 59.7 Å². The molecule has 7 heteroatoms. The minimum absolute atomic E-state index is 0.00556. The molecule has 0 saturated heterocycles. The van der Waals surface area contributed by atoms with E-state index in [0.29, 0.717) is 6.54 Å². The maximum atomic E-state index is 12.8. The number of carbonyl (C=O) groups is 1. The minimum Gasteiger partial charge on any atom is -0.493 e. The monoisotopic (exact) mass is 392 g/mol. The molecule has 1 amide bonds. The van der Waals surface area contributed by atoms with Crippen LogP contribution in [0.5, 0.6) is 11.5 Å². The molecule has 0 aliphatic rings. The second kappa shape index (κ2) is 10.6. The van der Waals surface area contributed by atoms with Crippen molar-refractivity contribution >= 4 is 5.91 Å². The molecule has 0 fully saturated rings. The van der Waals surface area contributed by atoms with E-state index in [-0.39, 0.29) is 23.1 Å². The van der Waals surface area contributed by atoms with Gasteiger partial charge in [-0.25, -0.2) is 0 Å². The van der Waals surface area contributed by atoms with Crippen molar-refractivity contribution in [2.24, 2.45) is 0 Å². The zero-order valence-corrected chi connectivity index (χ0v) is 16.3. The number of carbonyl (C=O) groups excluding carboxylic acids is 1. The van der Waals surface area contributed by atoms with Gasteiger partial charge >= 0.3 is 6.61 Å². The number of alkyl halides is 2. The fraction of sp³-hybridized carbons (Fsp3) is 0.381. The van der Waals surface area contributed by atoms with E-state index >= 15 is 0 Å². The summed E-state index contributed by atoms with van der Waals surface area (Å²) < 4.78 is 35.2. The average molecular weight is 392 g/mol. The highest BCUT2D eigenvalue weighted by Crippen LogP contribution is 2.32. The topological polar surface area (TPSA) is 50.8 Å². The maximum Gasteiger partial charge on any atom is 0.387 e. The van der Waals surface area contributed by atoms with Gasteiger partial charge in [0.25, 0.3) is 5.91 Å². The lowest BCUT2D eigenvalue weighted by Gasteiger charge is -2.30. The van der Waals surface area contributed by atoms with Crippen molar-refractivity contribution in [3.8, 4) is 11.5 Å². The number of benzene rings is 2. The summed E-state index contributed by atoms with van der Waals surface area (Å²) in [7, 11) is 1.33. The zero-order valence-electron chi connectivity index (χ0n) is 16.3. The molecule has 1 N–H and O–H groups in total. The van der Waals surface area contributed by atoms with Crippen molar-refractivity contribution in [1.29, 1.82) is 0 Å². The first-order valence-electron chi connectivity index (χ1n) is 9.20. The molecular weight excluding hydrogens is 366 g/mol. The highest BCUT2D eigenvalue weighted by molar-refractivity contribution is 5.97. The fourth-order valence-corrected chi connectivity index (χ4v) is 3.15. The van der Waals surface area contributed by atoms with Gasteiger partial charge in [-0.1, -0.05) is 50.2 Å². The molecule has 0 spiro atoms. The Morgan fingerprint density at radius 2 is 1.75 bits per heavy atom. The lowest BCUT2D eigenvalue weighted by atomic mass is 10.0. The van der Waals surface area contributed by atoms with E-state index in [2.05, 4.69) is 28.8 Å². The van der Waals surface area contributed by atoms with Crippen LogP contribution in [0.2, 0.25) is 0 Å². The second-order valence-corrected chi connectivity index (χ2v) is 6.07. The smallest absolute Gasteiger partial charge is 0.387 e. The van der Waals surface area contributed by atoms with Gasteiger partial charge in [0, 0.05) is 6.54 Å². The molecule has 0 radical (unpaired) electrons. The molecule has 28 heavy (non-hydrogen) atoms. The Bertz CT molecular complexity index is 753. The Hall–Kier alpha value is -2.67. The van der Waals surface area contributed by atoms with E-state index in [1.54, 1.807) is 6.07 Å². The van der Waals surface area contributed by atoms with Crippen molar-refractivity contribution in [1.82, 2.24) is 10.2 Å². The van der Waals surface area contributed by atoms with Crippen LogP contribution in [0, 0.1) is 0 Å². The summed E-state index contributed by atoms with van der Waals surface area (Å²) in [6, 6.07) is 14.3. The van der Waals surface area contributed by atoms with E-state index in [1.165, 1.54) is 19.2 Å². The summed E-state index contributed by atoms with van der Waals surface area (Å²) in [5.41, 5.74) is 1.08. The summed E-state index contributed by atoms with van der Waals surface area (Å²) in [4.78, 5) is 15.0. The van der Waals surface area contributed by atoms with Crippen molar-refractivity contribution in [2.75, 3.05) is 26.7 Å². The normalized spacial score (nSPS) is 12.1. The van der Waals surface area contributed by atoms with Gasteiger partial charge in [-0.3, -0.25) is 9.69 Å². The molecule has 1 atom stereocenters. The number of rotatable bonds is 10. The lowest BCUT2D eigenvalue weighted by molar-refractivity contribution is -0.0515. The quantitative estimate of drug-likeness (QED) is 0.661. The summed E-state index contributed by atoms with van der Waals surface area (Å²) in [5.74, 6) is -0.685. The van der Waals surface area contributed by atoms with Gasteiger partial charge in [0.05, 0.1) is 18.7 Å². The van der Waals surface area contributed by atoms with Crippen LogP contribution in [0.25, 0.3) is 0 Å². The molecule has 5 nitrogen and oxygen atoms in total. The standard InChI is InChI=1S/C21H26F2N2O3/c1-4-25(5-2)17(15-10-7-6-8-11-15)14-24-20(26)16-12-9-13-18(27-3)19(16)28-21(22)23/h6-13,17,21H,4-5,14H2,1-3H3,(H,24,26). The predicted octanol–water partition coefficient (Wildman–Crippen LogP) is 4.11. The first-order valence-corrected chi connectivity index (χ1v) is 9.20. The second-order valence-electron chi connectivity index (χ2n) is 6.07. The van der Waals surface area contributed by atoms with Crippen LogP contribution < -0.4 is 14.8 Å². The molecule has 0 aromatic heterocycles. The summed E-state index contributed by atoms with van der Waals surface area (Å²) >= 11 is 0. The van der Waals surface area contributed by atoms with Gasteiger partial charge in [0.2, 0.25) is 0 Å². The fourth-order valence-electron chi connectivity index (χ4n) is 3.15. The lowest BCUT2D eigenvalue weighted by Crippen LogP contribution is -2.38. The molecule has 0 aliphatic heterocycles. The van der Waals surface area contributed by atoms with E-state index in [4.69, 9.17) is 4.74 Å². The number of nitrogens with zero attached hydrogens (tertiary/aromatic N) is 1. The largest absolute Gasteiger partial charge is 0.493 e. The maximum absolute atomic E-state index is 12.8. The number of methoxy groups -OCH3 is 1. The molecule has 0 bridgehead atoms. The summed E-state index contributed by atoms with van der Waals surface area (Å²) in [6.45, 7) is 3.00. The number of amides is 1. The van der Waals surface area contributed by atoms with Gasteiger partial charge in [0.1, 0.15) is 0 Å². The first kappa shape index (κ1) is 21.6. The van der Waals surface area contributed by atoms with E-state index < -0.39 is 12.5 Å². The van der Waals surface area contributed by atoms with E-state index in [1.807, 2.05) is 30.3 Å². The van der Waals surface area contributed by atoms with Crippen LogP contribution in [-0.2, 0) is 0 Å². The van der Waals surface area contributed by atoms with Crippen LogP contribution in [0.3, 0.4) is 0 Å². The van der Waals surface area contributed by atoms with E-state index in [0.717, 1.165) is 18.7 Å². The van der Waals surface area contributed by atoms with E-state index in [9.17, 15) is 13.6 Å². The van der Waals surface area contributed by atoms with Gasteiger partial charge < -0.3 is 14.8 Å². The predicted molar refractivity (Wildman–Crippen MR) is 104 cm³/mol. The summed E-state index contributed by atoms with van der Waals surface area (Å²) in [5, 5.41) is 2.85. The zero-order chi connectivity index (χ0) is 20.5. The van der Waals surface area contributed by atoms with Gasteiger partial charge in [0.15, 0.2) is 11.5 Å². The molecule has 152 valence electrons. The van der Waals surface area contributed by atoms with Crippen molar-refractivity contribution in [2.45, 2.75) is 26.5 Å².